The predicted molar refractivity (Wildman–Crippen MR) is 106 cm³/mol. The summed E-state index contributed by atoms with van der Waals surface area (Å²) in [6.45, 7) is 9.78. The van der Waals surface area contributed by atoms with Gasteiger partial charge in [0.25, 0.3) is 0 Å². The monoisotopic (exact) mass is 322 g/mol. The van der Waals surface area contributed by atoms with E-state index in [1.165, 1.54) is 96.3 Å². The number of hydrogen-bond donors (Lipinski definition) is 0. The van der Waals surface area contributed by atoms with Gasteiger partial charge in [-0.05, 0) is 42.9 Å². The van der Waals surface area contributed by atoms with Crippen LogP contribution in [0.15, 0.2) is 0 Å². The van der Waals surface area contributed by atoms with Crippen molar-refractivity contribution in [1.82, 2.24) is 0 Å². The van der Waals surface area contributed by atoms with Crippen LogP contribution in [0.3, 0.4) is 0 Å². The first-order valence-corrected chi connectivity index (χ1v) is 11.1. The van der Waals surface area contributed by atoms with Gasteiger partial charge in [0.2, 0.25) is 0 Å². The van der Waals surface area contributed by atoms with Crippen LogP contribution in [0, 0.1) is 23.7 Å². The molecule has 0 aromatic rings. The van der Waals surface area contributed by atoms with Crippen LogP contribution in [-0.2, 0) is 0 Å². The molecule has 0 nitrogen and oxygen atoms in total. The molecule has 0 spiro atoms. The molecule has 1 fully saturated rings. The Morgan fingerprint density at radius 3 is 1.39 bits per heavy atom. The normalized spacial score (nSPS) is 28.2. The zero-order valence-electron chi connectivity index (χ0n) is 16.9. The maximum atomic E-state index is 2.51. The van der Waals surface area contributed by atoms with Crippen LogP contribution < -0.4 is 0 Å². The van der Waals surface area contributed by atoms with Gasteiger partial charge in [-0.15, -0.1) is 0 Å². The Morgan fingerprint density at radius 2 is 0.957 bits per heavy atom. The standard InChI is InChI=1S/C23H46/c1-5-6-7-8-9-10-11-12-13-14-15-16-17-23-21(3)18-20(2)19-22(23)4/h20-23H,5-19H2,1-4H3. The quantitative estimate of drug-likeness (QED) is 0.299. The number of unbranched alkanes of at least 4 members (excludes halogenated alkanes) is 11. The van der Waals surface area contributed by atoms with Gasteiger partial charge in [0.1, 0.15) is 0 Å². The minimum atomic E-state index is 0.971. The van der Waals surface area contributed by atoms with Crippen molar-refractivity contribution < 1.29 is 0 Å². The topological polar surface area (TPSA) is 0 Å². The Hall–Kier alpha value is 0. The lowest BCUT2D eigenvalue weighted by atomic mass is 9.68. The molecule has 0 aliphatic heterocycles. The van der Waals surface area contributed by atoms with Crippen molar-refractivity contribution in [1.29, 1.82) is 0 Å². The summed E-state index contributed by atoms with van der Waals surface area (Å²) in [6, 6.07) is 0. The Kier molecular flexibility index (Phi) is 12.2. The van der Waals surface area contributed by atoms with E-state index in [-0.39, 0.29) is 0 Å². The van der Waals surface area contributed by atoms with Crippen molar-refractivity contribution in [3.8, 4) is 0 Å². The molecule has 2 atom stereocenters. The Bertz CT molecular complexity index is 245. The maximum absolute atomic E-state index is 2.51. The van der Waals surface area contributed by atoms with Gasteiger partial charge in [-0.2, -0.15) is 0 Å². The molecule has 1 aliphatic rings. The lowest BCUT2D eigenvalue weighted by molar-refractivity contribution is 0.124. The van der Waals surface area contributed by atoms with Crippen LogP contribution in [0.2, 0.25) is 0 Å². The molecule has 0 heteroatoms. The van der Waals surface area contributed by atoms with Crippen molar-refractivity contribution in [2.45, 2.75) is 124 Å². The SMILES string of the molecule is CCCCCCCCCCCCCCC1C(C)CC(C)CC1C. The van der Waals surface area contributed by atoms with E-state index in [4.69, 9.17) is 0 Å². The fourth-order valence-electron chi connectivity index (χ4n) is 5.07. The van der Waals surface area contributed by atoms with E-state index in [2.05, 4.69) is 27.7 Å². The number of hydrogen-bond acceptors (Lipinski definition) is 0. The van der Waals surface area contributed by atoms with Crippen molar-refractivity contribution >= 4 is 0 Å². The summed E-state index contributed by atoms with van der Waals surface area (Å²) in [7, 11) is 0. The molecule has 2 unspecified atom stereocenters. The molecule has 1 rings (SSSR count). The molecule has 23 heavy (non-hydrogen) atoms. The van der Waals surface area contributed by atoms with Gasteiger partial charge in [-0.25, -0.2) is 0 Å². The summed E-state index contributed by atoms with van der Waals surface area (Å²) in [5.74, 6) is 3.94. The Balaban J connectivity index is 1.88. The minimum absolute atomic E-state index is 0.971. The van der Waals surface area contributed by atoms with E-state index >= 15 is 0 Å². The van der Waals surface area contributed by atoms with Crippen LogP contribution in [-0.4, -0.2) is 0 Å². The highest BCUT2D eigenvalue weighted by atomic mass is 14.4. The van der Waals surface area contributed by atoms with Crippen molar-refractivity contribution in [3.05, 3.63) is 0 Å². The summed E-state index contributed by atoms with van der Waals surface area (Å²) < 4.78 is 0. The fourth-order valence-corrected chi connectivity index (χ4v) is 5.07. The molecule has 0 saturated heterocycles. The van der Waals surface area contributed by atoms with E-state index in [0.717, 1.165) is 23.7 Å². The molecule has 1 saturated carbocycles. The zero-order chi connectivity index (χ0) is 16.9. The van der Waals surface area contributed by atoms with Gasteiger partial charge in [0, 0.05) is 0 Å². The average Bonchev–Trinajstić information content (AvgIpc) is 2.50. The predicted octanol–water partition coefficient (Wildman–Crippen LogP) is 8.40. The van der Waals surface area contributed by atoms with Crippen LogP contribution in [0.5, 0.6) is 0 Å². The van der Waals surface area contributed by atoms with Gasteiger partial charge >= 0.3 is 0 Å². The van der Waals surface area contributed by atoms with Gasteiger partial charge in [-0.1, -0.05) is 105 Å². The van der Waals surface area contributed by atoms with Gasteiger partial charge < -0.3 is 0 Å². The van der Waals surface area contributed by atoms with E-state index < -0.39 is 0 Å². The van der Waals surface area contributed by atoms with Gasteiger partial charge in [-0.3, -0.25) is 0 Å². The largest absolute Gasteiger partial charge is 0.0654 e. The van der Waals surface area contributed by atoms with E-state index in [1.54, 1.807) is 0 Å². The summed E-state index contributed by atoms with van der Waals surface area (Å²) >= 11 is 0. The van der Waals surface area contributed by atoms with Crippen LogP contribution >= 0.6 is 0 Å². The highest BCUT2D eigenvalue weighted by molar-refractivity contribution is 4.80. The summed E-state index contributed by atoms with van der Waals surface area (Å²) in [5, 5.41) is 0. The molecular weight excluding hydrogens is 276 g/mol. The smallest absolute Gasteiger partial charge is 0.0362 e. The molecule has 0 aromatic heterocycles. The molecule has 138 valence electrons. The van der Waals surface area contributed by atoms with Crippen molar-refractivity contribution in [2.24, 2.45) is 23.7 Å². The maximum Gasteiger partial charge on any atom is -0.0362 e. The molecule has 0 aromatic carbocycles. The van der Waals surface area contributed by atoms with E-state index in [9.17, 15) is 0 Å². The van der Waals surface area contributed by atoms with Gasteiger partial charge in [0.15, 0.2) is 0 Å². The molecule has 0 amide bonds. The minimum Gasteiger partial charge on any atom is -0.0654 e. The lowest BCUT2D eigenvalue weighted by Gasteiger charge is -2.38. The van der Waals surface area contributed by atoms with Gasteiger partial charge in [0.05, 0.1) is 0 Å². The molecule has 0 heterocycles. The third-order valence-corrected chi connectivity index (χ3v) is 6.40. The zero-order valence-corrected chi connectivity index (χ0v) is 16.9. The molecule has 0 bridgehead atoms. The second kappa shape index (κ2) is 13.3. The summed E-state index contributed by atoms with van der Waals surface area (Å²) in [5.41, 5.74) is 0. The molecule has 0 radical (unpaired) electrons. The number of rotatable bonds is 13. The second-order valence-corrected chi connectivity index (χ2v) is 8.87. The fraction of sp³-hybridized carbons (Fsp3) is 1.00. The molecule has 1 aliphatic carbocycles. The molecule has 0 N–H and O–H groups in total. The summed E-state index contributed by atoms with van der Waals surface area (Å²) in [6.07, 6.45) is 22.1. The second-order valence-electron chi connectivity index (χ2n) is 8.87. The highest BCUT2D eigenvalue weighted by Crippen LogP contribution is 2.40. The first kappa shape index (κ1) is 21.0. The first-order chi connectivity index (χ1) is 11.1. The highest BCUT2D eigenvalue weighted by Gasteiger charge is 2.30. The average molecular weight is 323 g/mol. The third kappa shape index (κ3) is 9.78. The Morgan fingerprint density at radius 1 is 0.565 bits per heavy atom. The van der Waals surface area contributed by atoms with Crippen LogP contribution in [0.25, 0.3) is 0 Å². The van der Waals surface area contributed by atoms with E-state index in [0.29, 0.717) is 0 Å². The first-order valence-electron chi connectivity index (χ1n) is 11.1. The van der Waals surface area contributed by atoms with Crippen molar-refractivity contribution in [3.63, 3.8) is 0 Å². The van der Waals surface area contributed by atoms with Crippen LogP contribution in [0.1, 0.15) is 124 Å². The van der Waals surface area contributed by atoms with Crippen molar-refractivity contribution in [2.75, 3.05) is 0 Å². The summed E-state index contributed by atoms with van der Waals surface area (Å²) in [4.78, 5) is 0. The molecular formula is C23H46. The van der Waals surface area contributed by atoms with Crippen LogP contribution in [0.4, 0.5) is 0 Å². The Labute approximate surface area is 148 Å². The third-order valence-electron chi connectivity index (χ3n) is 6.40. The lowest BCUT2D eigenvalue weighted by Crippen LogP contribution is -2.28. The van der Waals surface area contributed by atoms with E-state index in [1.807, 2.05) is 0 Å².